The van der Waals surface area contributed by atoms with Crippen LogP contribution in [0.5, 0.6) is 5.75 Å². The minimum absolute atomic E-state index is 0.0258. The number of hydrogen-bond donors (Lipinski definition) is 2. The van der Waals surface area contributed by atoms with Gasteiger partial charge in [-0.3, -0.25) is 4.79 Å². The minimum Gasteiger partial charge on any atom is -0.495 e. The molecule has 3 rings (SSSR count). The van der Waals surface area contributed by atoms with Gasteiger partial charge in [-0.05, 0) is 36.6 Å². The zero-order valence-corrected chi connectivity index (χ0v) is 9.89. The molecule has 1 aromatic heterocycles. The molecule has 0 atom stereocenters. The van der Waals surface area contributed by atoms with Crippen LogP contribution in [0.25, 0.3) is 10.9 Å². The number of aryl methyl sites for hydroxylation is 1. The summed E-state index contributed by atoms with van der Waals surface area (Å²) in [5.41, 5.74) is 3.84. The average molecular weight is 230 g/mol. The molecular formula is C13H14N2O2. The molecular weight excluding hydrogens is 216 g/mol. The van der Waals surface area contributed by atoms with Gasteiger partial charge >= 0.3 is 0 Å². The van der Waals surface area contributed by atoms with Crippen LogP contribution in [0, 0.1) is 6.92 Å². The number of ether oxygens (including phenoxy) is 1. The van der Waals surface area contributed by atoms with Gasteiger partial charge in [-0.1, -0.05) is 0 Å². The van der Waals surface area contributed by atoms with Crippen molar-refractivity contribution in [2.24, 2.45) is 0 Å². The Morgan fingerprint density at radius 2 is 2.18 bits per heavy atom. The van der Waals surface area contributed by atoms with Gasteiger partial charge in [0.15, 0.2) is 0 Å². The van der Waals surface area contributed by atoms with Crippen LogP contribution >= 0.6 is 0 Å². The monoisotopic (exact) mass is 230 g/mol. The smallest absolute Gasteiger partial charge is 0.268 e. The molecule has 0 saturated carbocycles. The van der Waals surface area contributed by atoms with E-state index in [0.29, 0.717) is 12.2 Å². The van der Waals surface area contributed by atoms with Gasteiger partial charge in [-0.25, -0.2) is 0 Å². The second-order valence-corrected chi connectivity index (χ2v) is 4.37. The number of aromatic nitrogens is 1. The fourth-order valence-corrected chi connectivity index (χ4v) is 2.46. The number of methoxy groups -OCH3 is 1. The van der Waals surface area contributed by atoms with Crippen LogP contribution in [0.4, 0.5) is 0 Å². The molecule has 1 aliphatic heterocycles. The molecule has 0 fully saturated rings. The van der Waals surface area contributed by atoms with Crippen LogP contribution in [0.3, 0.4) is 0 Å². The summed E-state index contributed by atoms with van der Waals surface area (Å²) in [6, 6.07) is 4.08. The Hall–Kier alpha value is -1.97. The van der Waals surface area contributed by atoms with E-state index < -0.39 is 0 Å². The van der Waals surface area contributed by atoms with E-state index in [4.69, 9.17) is 4.74 Å². The minimum atomic E-state index is -0.0258. The normalized spacial score (nSPS) is 14.6. The predicted molar refractivity (Wildman–Crippen MR) is 65.6 cm³/mol. The molecule has 4 heteroatoms. The Morgan fingerprint density at radius 1 is 1.35 bits per heavy atom. The van der Waals surface area contributed by atoms with Crippen molar-refractivity contribution in [2.75, 3.05) is 13.7 Å². The van der Waals surface area contributed by atoms with E-state index in [2.05, 4.69) is 16.4 Å². The van der Waals surface area contributed by atoms with Gasteiger partial charge in [-0.2, -0.15) is 0 Å². The third kappa shape index (κ3) is 1.40. The maximum absolute atomic E-state index is 11.8. The van der Waals surface area contributed by atoms with Gasteiger partial charge in [0, 0.05) is 11.9 Å². The molecule has 1 amide bonds. The van der Waals surface area contributed by atoms with Crippen molar-refractivity contribution in [1.82, 2.24) is 10.3 Å². The first-order valence-electron chi connectivity index (χ1n) is 5.68. The van der Waals surface area contributed by atoms with Crippen molar-refractivity contribution in [1.29, 1.82) is 0 Å². The largest absolute Gasteiger partial charge is 0.495 e. The number of hydrogen-bond acceptors (Lipinski definition) is 2. The molecule has 1 aromatic carbocycles. The van der Waals surface area contributed by atoms with Gasteiger partial charge < -0.3 is 15.0 Å². The highest BCUT2D eigenvalue weighted by atomic mass is 16.5. The maximum atomic E-state index is 11.8. The summed E-state index contributed by atoms with van der Waals surface area (Å²) in [5, 5.41) is 3.94. The first-order valence-corrected chi connectivity index (χ1v) is 5.68. The highest BCUT2D eigenvalue weighted by molar-refractivity contribution is 6.03. The number of rotatable bonds is 1. The van der Waals surface area contributed by atoms with E-state index in [9.17, 15) is 4.79 Å². The second kappa shape index (κ2) is 3.52. The van der Waals surface area contributed by atoms with Gasteiger partial charge in [0.2, 0.25) is 0 Å². The molecule has 0 saturated heterocycles. The summed E-state index contributed by atoms with van der Waals surface area (Å²) in [7, 11) is 1.65. The summed E-state index contributed by atoms with van der Waals surface area (Å²) in [5.74, 6) is 0.768. The molecule has 1 aliphatic rings. The number of carbonyl (C=O) groups excluding carboxylic acids is 1. The lowest BCUT2D eigenvalue weighted by Crippen LogP contribution is -2.31. The average Bonchev–Trinajstić information content (AvgIpc) is 2.68. The number of fused-ring (bicyclic) bond motifs is 3. The van der Waals surface area contributed by atoms with Crippen LogP contribution in [-0.4, -0.2) is 24.5 Å². The summed E-state index contributed by atoms with van der Waals surface area (Å²) >= 11 is 0. The standard InChI is InChI=1S/C13H14N2O2/c1-7-5-9-8-3-4-14-13(16)12(8)15-11(9)10(6-7)17-2/h5-6,15H,3-4H2,1-2H3,(H,14,16). The Balaban J connectivity index is 2.37. The van der Waals surface area contributed by atoms with Crippen molar-refractivity contribution in [3.63, 3.8) is 0 Å². The number of nitrogens with one attached hydrogen (secondary N) is 2. The zero-order valence-electron chi connectivity index (χ0n) is 9.89. The molecule has 2 aromatic rings. The van der Waals surface area contributed by atoms with Crippen LogP contribution < -0.4 is 10.1 Å². The van der Waals surface area contributed by atoms with E-state index >= 15 is 0 Å². The van der Waals surface area contributed by atoms with E-state index in [-0.39, 0.29) is 5.91 Å². The van der Waals surface area contributed by atoms with Gasteiger partial charge in [0.25, 0.3) is 5.91 Å². The highest BCUT2D eigenvalue weighted by Gasteiger charge is 2.23. The van der Waals surface area contributed by atoms with Crippen molar-refractivity contribution in [3.8, 4) is 5.75 Å². The number of benzene rings is 1. The van der Waals surface area contributed by atoms with Crippen LogP contribution in [0.2, 0.25) is 0 Å². The van der Waals surface area contributed by atoms with E-state index in [0.717, 1.165) is 34.2 Å². The second-order valence-electron chi connectivity index (χ2n) is 4.37. The van der Waals surface area contributed by atoms with Crippen LogP contribution in [-0.2, 0) is 6.42 Å². The lowest BCUT2D eigenvalue weighted by molar-refractivity contribution is 0.0942. The van der Waals surface area contributed by atoms with Gasteiger partial charge in [0.1, 0.15) is 11.4 Å². The van der Waals surface area contributed by atoms with Crippen molar-refractivity contribution < 1.29 is 9.53 Å². The van der Waals surface area contributed by atoms with Gasteiger partial charge in [0.05, 0.1) is 12.6 Å². The zero-order chi connectivity index (χ0) is 12.0. The Bertz CT molecular complexity index is 613. The van der Waals surface area contributed by atoms with Crippen molar-refractivity contribution in [3.05, 3.63) is 29.0 Å². The lowest BCUT2D eigenvalue weighted by Gasteiger charge is -2.12. The third-order valence-electron chi connectivity index (χ3n) is 3.23. The SMILES string of the molecule is COc1cc(C)cc2c3c([nH]c12)C(=O)NCC3. The number of amides is 1. The van der Waals surface area contributed by atoms with E-state index in [1.807, 2.05) is 13.0 Å². The molecule has 0 bridgehead atoms. The summed E-state index contributed by atoms with van der Waals surface area (Å²) < 4.78 is 5.36. The molecule has 0 spiro atoms. The molecule has 0 unspecified atom stereocenters. The maximum Gasteiger partial charge on any atom is 0.268 e. The van der Waals surface area contributed by atoms with Crippen molar-refractivity contribution in [2.45, 2.75) is 13.3 Å². The number of carbonyl (C=O) groups is 1. The Morgan fingerprint density at radius 3 is 2.94 bits per heavy atom. The van der Waals surface area contributed by atoms with Crippen LogP contribution in [0.1, 0.15) is 21.6 Å². The number of aromatic amines is 1. The van der Waals surface area contributed by atoms with Crippen LogP contribution in [0.15, 0.2) is 12.1 Å². The molecule has 2 heterocycles. The highest BCUT2D eigenvalue weighted by Crippen LogP contribution is 2.32. The Kier molecular flexibility index (Phi) is 2.11. The molecule has 0 aliphatic carbocycles. The molecule has 88 valence electrons. The van der Waals surface area contributed by atoms with E-state index in [1.165, 1.54) is 0 Å². The predicted octanol–water partition coefficient (Wildman–Crippen LogP) is 1.77. The summed E-state index contributed by atoms with van der Waals surface area (Å²) in [6.45, 7) is 2.74. The third-order valence-corrected chi connectivity index (χ3v) is 3.23. The van der Waals surface area contributed by atoms with Gasteiger partial charge in [-0.15, -0.1) is 0 Å². The first-order chi connectivity index (χ1) is 8.20. The fraction of sp³-hybridized carbons (Fsp3) is 0.308. The quantitative estimate of drug-likeness (QED) is 0.784. The lowest BCUT2D eigenvalue weighted by atomic mass is 10.0. The number of H-pyrrole nitrogens is 1. The topological polar surface area (TPSA) is 54.1 Å². The first kappa shape index (κ1) is 10.2. The fourth-order valence-electron chi connectivity index (χ4n) is 2.46. The van der Waals surface area contributed by atoms with Crippen molar-refractivity contribution >= 4 is 16.8 Å². The molecule has 0 radical (unpaired) electrons. The summed E-state index contributed by atoms with van der Waals surface area (Å²) in [6.07, 6.45) is 0.869. The summed E-state index contributed by atoms with van der Waals surface area (Å²) in [4.78, 5) is 14.9. The molecule has 17 heavy (non-hydrogen) atoms. The Labute approximate surface area is 99.0 Å². The molecule has 2 N–H and O–H groups in total. The van der Waals surface area contributed by atoms with E-state index in [1.54, 1.807) is 7.11 Å². The molecule has 4 nitrogen and oxygen atoms in total.